The van der Waals surface area contributed by atoms with Crippen molar-refractivity contribution in [3.05, 3.63) is 24.3 Å². The zero-order valence-corrected chi connectivity index (χ0v) is 9.51. The Kier molecular flexibility index (Phi) is 2.30. The summed E-state index contributed by atoms with van der Waals surface area (Å²) in [4.78, 5) is 0. The van der Waals surface area contributed by atoms with Crippen LogP contribution >= 0.6 is 0 Å². The third-order valence-electron chi connectivity index (χ3n) is 3.49. The molecule has 0 atom stereocenters. The van der Waals surface area contributed by atoms with Crippen molar-refractivity contribution in [1.82, 2.24) is 5.32 Å². The highest BCUT2D eigenvalue weighted by molar-refractivity contribution is 5.24. The number of hydrogen-bond donors (Lipinski definition) is 1. The molecule has 1 spiro atoms. The molecule has 1 aliphatic heterocycles. The molecule has 78 valence electrons. The minimum Gasteiger partial charge on any atom is -0.316 e. The van der Waals surface area contributed by atoms with Crippen LogP contribution in [0.5, 0.6) is 0 Å². The van der Waals surface area contributed by atoms with Crippen LogP contribution in [0.3, 0.4) is 0 Å². The third kappa shape index (κ3) is 1.78. The van der Waals surface area contributed by atoms with Crippen LogP contribution < -0.4 is 5.32 Å². The van der Waals surface area contributed by atoms with Gasteiger partial charge in [0.25, 0.3) is 0 Å². The van der Waals surface area contributed by atoms with Crippen LogP contribution in [0.2, 0.25) is 0 Å². The summed E-state index contributed by atoms with van der Waals surface area (Å²) in [5.41, 5.74) is 0.711. The Morgan fingerprint density at radius 1 is 1.21 bits per heavy atom. The van der Waals surface area contributed by atoms with Crippen molar-refractivity contribution in [2.45, 2.75) is 27.2 Å². The Morgan fingerprint density at radius 3 is 2.29 bits per heavy atom. The minimum atomic E-state index is 0.349. The maximum atomic E-state index is 3.43. The molecule has 1 saturated heterocycles. The van der Waals surface area contributed by atoms with Gasteiger partial charge in [0.2, 0.25) is 0 Å². The quantitative estimate of drug-likeness (QED) is 0.581. The summed E-state index contributed by atoms with van der Waals surface area (Å²) in [6.07, 6.45) is 10.9. The van der Waals surface area contributed by atoms with E-state index in [9.17, 15) is 0 Å². The lowest BCUT2D eigenvalue weighted by Crippen LogP contribution is -2.25. The Bertz CT molecular complexity index is 245. The summed E-state index contributed by atoms with van der Waals surface area (Å²) in [5, 5.41) is 3.43. The molecular formula is C13H21N. The average molecular weight is 191 g/mol. The van der Waals surface area contributed by atoms with Crippen molar-refractivity contribution in [3.63, 3.8) is 0 Å². The van der Waals surface area contributed by atoms with Crippen LogP contribution in [0.4, 0.5) is 0 Å². The van der Waals surface area contributed by atoms with E-state index in [0.717, 1.165) is 13.1 Å². The highest BCUT2D eigenvalue weighted by Gasteiger charge is 2.32. The Balaban J connectivity index is 2.11. The van der Waals surface area contributed by atoms with E-state index in [-0.39, 0.29) is 0 Å². The van der Waals surface area contributed by atoms with Gasteiger partial charge in [-0.15, -0.1) is 0 Å². The van der Waals surface area contributed by atoms with Crippen LogP contribution in [0.15, 0.2) is 24.3 Å². The van der Waals surface area contributed by atoms with Crippen molar-refractivity contribution in [1.29, 1.82) is 0 Å². The Labute approximate surface area is 87.3 Å². The molecular weight excluding hydrogens is 170 g/mol. The van der Waals surface area contributed by atoms with E-state index in [0.29, 0.717) is 16.7 Å². The zero-order chi connectivity index (χ0) is 10.2. The first kappa shape index (κ1) is 9.97. The Morgan fingerprint density at radius 2 is 1.86 bits per heavy atom. The van der Waals surface area contributed by atoms with E-state index < -0.39 is 0 Å². The fourth-order valence-electron chi connectivity index (χ4n) is 2.30. The van der Waals surface area contributed by atoms with Gasteiger partial charge in [0, 0.05) is 12.0 Å². The summed E-state index contributed by atoms with van der Waals surface area (Å²) in [7, 11) is 0. The molecule has 0 radical (unpaired) electrons. The van der Waals surface area contributed by atoms with Crippen LogP contribution in [0, 0.1) is 16.7 Å². The molecule has 1 fully saturated rings. The van der Waals surface area contributed by atoms with E-state index in [1.165, 1.54) is 6.42 Å². The average Bonchev–Trinajstić information content (AvgIpc) is 2.53. The standard InChI is InChI=1S/C13H21N/c1-12(2,3)11-4-6-13(7-5-11)8-9-14-10-13/h4-7,11,14H,8-10H2,1-3H3. The zero-order valence-electron chi connectivity index (χ0n) is 9.51. The van der Waals surface area contributed by atoms with Crippen molar-refractivity contribution in [2.24, 2.45) is 16.7 Å². The van der Waals surface area contributed by atoms with E-state index in [2.05, 4.69) is 50.4 Å². The molecule has 0 amide bonds. The van der Waals surface area contributed by atoms with Crippen LogP contribution in [0.1, 0.15) is 27.2 Å². The fourth-order valence-corrected chi connectivity index (χ4v) is 2.30. The molecule has 1 N–H and O–H groups in total. The topological polar surface area (TPSA) is 12.0 Å². The van der Waals surface area contributed by atoms with E-state index in [1.54, 1.807) is 0 Å². The summed E-state index contributed by atoms with van der Waals surface area (Å²) in [6.45, 7) is 9.19. The lowest BCUT2D eigenvalue weighted by atomic mass is 9.73. The highest BCUT2D eigenvalue weighted by Crippen LogP contribution is 2.38. The van der Waals surface area contributed by atoms with Gasteiger partial charge in [-0.05, 0) is 24.3 Å². The molecule has 14 heavy (non-hydrogen) atoms. The monoisotopic (exact) mass is 191 g/mol. The summed E-state index contributed by atoms with van der Waals surface area (Å²) in [5.74, 6) is 0.605. The second-order valence-corrected chi connectivity index (χ2v) is 5.77. The first-order chi connectivity index (χ1) is 6.52. The number of allylic oxidation sites excluding steroid dienone is 2. The maximum Gasteiger partial charge on any atom is 0.0199 e. The normalized spacial score (nSPS) is 36.9. The molecule has 0 aromatic rings. The lowest BCUT2D eigenvalue weighted by Gasteiger charge is -2.32. The number of hydrogen-bond acceptors (Lipinski definition) is 1. The lowest BCUT2D eigenvalue weighted by molar-refractivity contribution is 0.333. The van der Waals surface area contributed by atoms with Gasteiger partial charge < -0.3 is 5.32 Å². The predicted octanol–water partition coefficient (Wildman–Crippen LogP) is 2.75. The van der Waals surface area contributed by atoms with Crippen LogP contribution in [0.25, 0.3) is 0 Å². The summed E-state index contributed by atoms with van der Waals surface area (Å²) in [6, 6.07) is 0. The SMILES string of the molecule is CC(C)(C)C1C=CC2(C=C1)CCNC2. The van der Waals surface area contributed by atoms with Gasteiger partial charge in [0.05, 0.1) is 0 Å². The first-order valence-electron chi connectivity index (χ1n) is 5.61. The second-order valence-electron chi connectivity index (χ2n) is 5.77. The van der Waals surface area contributed by atoms with E-state index >= 15 is 0 Å². The van der Waals surface area contributed by atoms with Crippen LogP contribution in [-0.4, -0.2) is 13.1 Å². The van der Waals surface area contributed by atoms with Gasteiger partial charge in [0.15, 0.2) is 0 Å². The van der Waals surface area contributed by atoms with Crippen LogP contribution in [-0.2, 0) is 0 Å². The molecule has 1 nitrogen and oxygen atoms in total. The van der Waals surface area contributed by atoms with Crippen molar-refractivity contribution < 1.29 is 0 Å². The maximum absolute atomic E-state index is 3.43. The molecule has 1 heterocycles. The fraction of sp³-hybridized carbons (Fsp3) is 0.692. The minimum absolute atomic E-state index is 0.349. The molecule has 0 saturated carbocycles. The molecule has 2 rings (SSSR count). The smallest absolute Gasteiger partial charge is 0.0199 e. The van der Waals surface area contributed by atoms with Crippen molar-refractivity contribution in [2.75, 3.05) is 13.1 Å². The molecule has 0 aromatic carbocycles. The van der Waals surface area contributed by atoms with E-state index in [1.807, 2.05) is 0 Å². The van der Waals surface area contributed by atoms with E-state index in [4.69, 9.17) is 0 Å². The highest BCUT2D eigenvalue weighted by atomic mass is 14.9. The van der Waals surface area contributed by atoms with Gasteiger partial charge in [0.1, 0.15) is 0 Å². The van der Waals surface area contributed by atoms with Gasteiger partial charge >= 0.3 is 0 Å². The molecule has 0 aromatic heterocycles. The largest absolute Gasteiger partial charge is 0.316 e. The van der Waals surface area contributed by atoms with Gasteiger partial charge in [-0.1, -0.05) is 45.1 Å². The van der Waals surface area contributed by atoms with Gasteiger partial charge in [-0.2, -0.15) is 0 Å². The first-order valence-corrected chi connectivity index (χ1v) is 5.61. The summed E-state index contributed by atoms with van der Waals surface area (Å²) >= 11 is 0. The molecule has 0 bridgehead atoms. The molecule has 1 aliphatic carbocycles. The number of rotatable bonds is 0. The van der Waals surface area contributed by atoms with Crippen molar-refractivity contribution in [3.8, 4) is 0 Å². The van der Waals surface area contributed by atoms with Gasteiger partial charge in [-0.25, -0.2) is 0 Å². The third-order valence-corrected chi connectivity index (χ3v) is 3.49. The molecule has 2 aliphatic rings. The predicted molar refractivity (Wildman–Crippen MR) is 61.1 cm³/mol. The molecule has 0 unspecified atom stereocenters. The summed E-state index contributed by atoms with van der Waals surface area (Å²) < 4.78 is 0. The van der Waals surface area contributed by atoms with Crippen molar-refractivity contribution >= 4 is 0 Å². The number of nitrogens with one attached hydrogen (secondary N) is 1. The Hall–Kier alpha value is -0.560. The second kappa shape index (κ2) is 3.23. The molecule has 1 heteroatoms. The van der Waals surface area contributed by atoms with Gasteiger partial charge in [-0.3, -0.25) is 0 Å².